The van der Waals surface area contributed by atoms with Crippen molar-refractivity contribution in [1.29, 1.82) is 0 Å². The highest BCUT2D eigenvalue weighted by Gasteiger charge is 1.90. The predicted molar refractivity (Wildman–Crippen MR) is 89.5 cm³/mol. The van der Waals surface area contributed by atoms with Gasteiger partial charge in [0.1, 0.15) is 0 Å². The fourth-order valence-corrected chi connectivity index (χ4v) is 0.143. The molecular formula is C14H20O10S. The minimum Gasteiger partial charge on any atom is -0.478 e. The van der Waals surface area contributed by atoms with Gasteiger partial charge in [-0.3, -0.25) is 9.35 Å². The van der Waals surface area contributed by atoms with Crippen LogP contribution in [0.25, 0.3) is 0 Å². The Hall–Kier alpha value is -3.05. The number of aliphatic carboxylic acids is 3. The molecule has 0 radical (unpaired) electrons. The quantitative estimate of drug-likeness (QED) is 0.398. The molecule has 0 aliphatic heterocycles. The number of rotatable bonds is 5. The average molecular weight is 380 g/mol. The first kappa shape index (κ1) is 29.9. The molecule has 0 aliphatic rings. The Kier molecular flexibility index (Phi) is 20.7. The van der Waals surface area contributed by atoms with Crippen molar-refractivity contribution in [1.82, 2.24) is 0 Å². The van der Waals surface area contributed by atoms with Crippen molar-refractivity contribution < 1.29 is 47.5 Å². The second kappa shape index (κ2) is 17.3. The van der Waals surface area contributed by atoms with E-state index in [0.717, 1.165) is 0 Å². The third kappa shape index (κ3) is 62.7. The molecular weight excluding hydrogens is 360 g/mol. The lowest BCUT2D eigenvalue weighted by Crippen LogP contribution is -1.92. The molecule has 0 amide bonds. The maximum absolute atomic E-state index is 9.69. The zero-order chi connectivity index (χ0) is 21.2. The summed E-state index contributed by atoms with van der Waals surface area (Å²) in [5, 5.41) is 24.0. The summed E-state index contributed by atoms with van der Waals surface area (Å²) in [6.45, 7) is 12.1. The number of ketones is 1. The fourth-order valence-electron chi connectivity index (χ4n) is 0.143. The summed E-state index contributed by atoms with van der Waals surface area (Å²) >= 11 is 0. The molecule has 0 spiro atoms. The number of carboxylic acid groups (broad SMARTS) is 3. The fraction of sp³-hybridized carbons (Fsp3) is 0.143. The smallest absolute Gasteiger partial charge is 0.330 e. The Morgan fingerprint density at radius 3 is 1.12 bits per heavy atom. The first-order valence-electron chi connectivity index (χ1n) is 5.86. The zero-order valence-electron chi connectivity index (χ0n) is 13.6. The molecule has 0 saturated heterocycles. The van der Waals surface area contributed by atoms with E-state index in [2.05, 4.69) is 19.7 Å². The van der Waals surface area contributed by atoms with Crippen molar-refractivity contribution in [3.8, 4) is 0 Å². The Bertz CT molecular complexity index is 586. The zero-order valence-corrected chi connectivity index (χ0v) is 14.4. The topological polar surface area (TPSA) is 183 Å². The number of hydrogen-bond acceptors (Lipinski definition) is 6. The molecule has 0 aliphatic carbocycles. The van der Waals surface area contributed by atoms with E-state index in [1.165, 1.54) is 19.9 Å². The van der Waals surface area contributed by atoms with Crippen LogP contribution in [0.2, 0.25) is 0 Å². The van der Waals surface area contributed by atoms with Crippen LogP contribution in [0.4, 0.5) is 0 Å². The van der Waals surface area contributed by atoms with Crippen molar-refractivity contribution in [3.63, 3.8) is 0 Å². The monoisotopic (exact) mass is 380 g/mol. The van der Waals surface area contributed by atoms with Gasteiger partial charge >= 0.3 is 17.9 Å². The number of hydrogen-bond donors (Lipinski definition) is 4. The molecule has 11 heteroatoms. The summed E-state index contributed by atoms with van der Waals surface area (Å²) < 4.78 is 26.6. The number of carbonyl (C=O) groups excluding carboxylic acids is 1. The van der Waals surface area contributed by atoms with Gasteiger partial charge in [-0.15, -0.1) is 0 Å². The largest absolute Gasteiger partial charge is 0.478 e. The molecule has 0 saturated carbocycles. The molecule has 0 aromatic rings. The van der Waals surface area contributed by atoms with Crippen molar-refractivity contribution in [2.24, 2.45) is 0 Å². The van der Waals surface area contributed by atoms with Crippen LogP contribution in [0.1, 0.15) is 13.8 Å². The van der Waals surface area contributed by atoms with Gasteiger partial charge in [-0.05, 0) is 19.9 Å². The highest BCUT2D eigenvalue weighted by molar-refractivity contribution is 7.88. The van der Waals surface area contributed by atoms with Gasteiger partial charge in [0.15, 0.2) is 5.78 Å². The van der Waals surface area contributed by atoms with Gasteiger partial charge < -0.3 is 15.3 Å². The van der Waals surface area contributed by atoms with Crippen LogP contribution >= 0.6 is 0 Å². The number of carbonyl (C=O) groups is 4. The average Bonchev–Trinajstić information content (AvgIpc) is 2.46. The van der Waals surface area contributed by atoms with Gasteiger partial charge in [0.25, 0.3) is 10.1 Å². The Balaban J connectivity index is -0.000000119. The Labute approximate surface area is 144 Å². The van der Waals surface area contributed by atoms with Crippen LogP contribution in [-0.2, 0) is 29.3 Å². The summed E-state index contributed by atoms with van der Waals surface area (Å²) in [5.41, 5.74) is 0.176. The lowest BCUT2D eigenvalue weighted by molar-refractivity contribution is -0.134. The number of carboxylic acids is 3. The minimum atomic E-state index is -3.90. The van der Waals surface area contributed by atoms with E-state index in [1.807, 2.05) is 0 Å². The molecule has 0 aromatic carbocycles. The van der Waals surface area contributed by atoms with E-state index in [1.54, 1.807) is 0 Å². The standard InChI is InChI=1S/C4H4O4.C4H6O2.C4H6O.C2H4O3S/c5-3(6)1-2-4(7)8;1-3(2)4(5)6;1-3-4(2)5;1-2-6(3,4)5/h1-2H,(H,5,6)(H,7,8);1H2,2H3,(H,5,6);3H,1H2,2H3;2H,1H2,(H,3,4,5)/b2-1-;;;. The molecule has 0 rings (SSSR count). The molecule has 0 fully saturated rings. The van der Waals surface area contributed by atoms with Gasteiger partial charge in [0, 0.05) is 17.7 Å². The van der Waals surface area contributed by atoms with E-state index >= 15 is 0 Å². The van der Waals surface area contributed by atoms with Gasteiger partial charge in [0.05, 0.1) is 5.41 Å². The number of allylic oxidation sites excluding steroid dienone is 1. The van der Waals surface area contributed by atoms with Gasteiger partial charge in [0.2, 0.25) is 0 Å². The van der Waals surface area contributed by atoms with E-state index in [-0.39, 0.29) is 11.4 Å². The first-order valence-corrected chi connectivity index (χ1v) is 7.36. The van der Waals surface area contributed by atoms with Crippen LogP contribution in [0, 0.1) is 0 Å². The predicted octanol–water partition coefficient (Wildman–Crippen LogP) is 1.14. The Morgan fingerprint density at radius 1 is 0.880 bits per heavy atom. The van der Waals surface area contributed by atoms with Gasteiger partial charge in [-0.2, -0.15) is 8.42 Å². The summed E-state index contributed by atoms with van der Waals surface area (Å²) in [6, 6.07) is 0. The molecule has 0 atom stereocenters. The highest BCUT2D eigenvalue weighted by atomic mass is 32.2. The molecule has 10 nitrogen and oxygen atoms in total. The lowest BCUT2D eigenvalue weighted by Gasteiger charge is -1.79. The van der Waals surface area contributed by atoms with Gasteiger partial charge in [-0.25, -0.2) is 14.4 Å². The molecule has 142 valence electrons. The molecule has 0 aromatic heterocycles. The summed E-state index contributed by atoms with van der Waals surface area (Å²) in [6.07, 6.45) is 2.39. The Morgan fingerprint density at radius 2 is 1.08 bits per heavy atom. The van der Waals surface area contributed by atoms with E-state index in [4.69, 9.17) is 19.9 Å². The molecule has 4 N–H and O–H groups in total. The van der Waals surface area contributed by atoms with Crippen molar-refractivity contribution >= 4 is 33.8 Å². The van der Waals surface area contributed by atoms with Gasteiger partial charge in [-0.1, -0.05) is 19.7 Å². The molecule has 25 heavy (non-hydrogen) atoms. The van der Waals surface area contributed by atoms with Crippen LogP contribution < -0.4 is 0 Å². The van der Waals surface area contributed by atoms with Crippen molar-refractivity contribution in [2.75, 3.05) is 0 Å². The van der Waals surface area contributed by atoms with Crippen LogP contribution in [0.5, 0.6) is 0 Å². The van der Waals surface area contributed by atoms with E-state index < -0.39 is 28.0 Å². The van der Waals surface area contributed by atoms with E-state index in [0.29, 0.717) is 17.6 Å². The van der Waals surface area contributed by atoms with Crippen molar-refractivity contribution in [2.45, 2.75) is 13.8 Å². The minimum absolute atomic E-state index is 0.0185. The summed E-state index contributed by atoms with van der Waals surface area (Å²) in [4.78, 5) is 38.4. The SMILES string of the molecule is C=C(C)C(=O)O.C=CC(C)=O.C=CS(=O)(=O)O.O=C(O)/C=C\C(=O)O. The maximum atomic E-state index is 9.69. The summed E-state index contributed by atoms with van der Waals surface area (Å²) in [7, 11) is -3.90. The second-order valence-electron chi connectivity index (χ2n) is 3.59. The van der Waals surface area contributed by atoms with Crippen molar-refractivity contribution in [3.05, 3.63) is 48.9 Å². The summed E-state index contributed by atoms with van der Waals surface area (Å²) in [5.74, 6) is -3.43. The highest BCUT2D eigenvalue weighted by Crippen LogP contribution is 1.81. The molecule has 0 unspecified atom stereocenters. The molecule has 0 heterocycles. The lowest BCUT2D eigenvalue weighted by atomic mass is 10.4. The first-order chi connectivity index (χ1) is 11.1. The normalized spacial score (nSPS) is 8.76. The maximum Gasteiger partial charge on any atom is 0.330 e. The third-order valence-electron chi connectivity index (χ3n) is 1.23. The van der Waals surface area contributed by atoms with Crippen LogP contribution in [0.3, 0.4) is 0 Å². The van der Waals surface area contributed by atoms with Crippen LogP contribution in [-0.4, -0.2) is 52.0 Å². The van der Waals surface area contributed by atoms with E-state index in [9.17, 15) is 27.6 Å². The molecule has 0 bridgehead atoms. The van der Waals surface area contributed by atoms with Crippen LogP contribution in [0.15, 0.2) is 48.9 Å². The second-order valence-corrected chi connectivity index (χ2v) is 4.95. The third-order valence-corrected chi connectivity index (χ3v) is 1.65.